The molecule has 4 rings (SSSR count). The third-order valence-corrected chi connectivity index (χ3v) is 5.55. The Morgan fingerprint density at radius 1 is 1.42 bits per heavy atom. The van der Waals surface area contributed by atoms with Crippen LogP contribution < -0.4 is 11.0 Å². The molecule has 7 nitrogen and oxygen atoms in total. The number of furan rings is 1. The molecule has 138 valence electrons. The summed E-state index contributed by atoms with van der Waals surface area (Å²) in [7, 11) is 1.78. The van der Waals surface area contributed by atoms with E-state index in [1.165, 1.54) is 12.8 Å². The lowest BCUT2D eigenvalue weighted by Gasteiger charge is -2.33. The summed E-state index contributed by atoms with van der Waals surface area (Å²) in [5, 5.41) is 11.5. The number of nitrogens with zero attached hydrogens (tertiary/aromatic N) is 3. The summed E-state index contributed by atoms with van der Waals surface area (Å²) in [4.78, 5) is 15.8. The third kappa shape index (κ3) is 3.31. The quantitative estimate of drug-likeness (QED) is 0.734. The number of nitrogens with one attached hydrogen (secondary N) is 2. The molecule has 1 unspecified atom stereocenters. The van der Waals surface area contributed by atoms with Crippen molar-refractivity contribution in [1.82, 2.24) is 25.1 Å². The summed E-state index contributed by atoms with van der Waals surface area (Å²) in [6.45, 7) is 2.14. The van der Waals surface area contributed by atoms with Crippen molar-refractivity contribution in [2.45, 2.75) is 51.1 Å². The normalized spacial score (nSPS) is 21.9. The van der Waals surface area contributed by atoms with Crippen LogP contribution in [0.1, 0.15) is 50.2 Å². The molecule has 0 saturated heterocycles. The fourth-order valence-corrected chi connectivity index (χ4v) is 3.99. The molecule has 26 heavy (non-hydrogen) atoms. The van der Waals surface area contributed by atoms with Crippen LogP contribution in [0, 0.1) is 5.92 Å². The van der Waals surface area contributed by atoms with Crippen LogP contribution >= 0.6 is 0 Å². The van der Waals surface area contributed by atoms with Crippen molar-refractivity contribution in [2.24, 2.45) is 13.0 Å². The van der Waals surface area contributed by atoms with E-state index in [4.69, 9.17) is 4.42 Å². The zero-order valence-electron chi connectivity index (χ0n) is 15.2. The fourth-order valence-electron chi connectivity index (χ4n) is 3.99. The van der Waals surface area contributed by atoms with Gasteiger partial charge in [-0.15, -0.1) is 0 Å². The summed E-state index contributed by atoms with van der Waals surface area (Å²) >= 11 is 0. The van der Waals surface area contributed by atoms with Gasteiger partial charge in [-0.05, 0) is 37.8 Å². The van der Waals surface area contributed by atoms with Crippen LogP contribution in [-0.2, 0) is 13.5 Å². The van der Waals surface area contributed by atoms with Crippen molar-refractivity contribution in [3.8, 4) is 0 Å². The van der Waals surface area contributed by atoms with E-state index in [2.05, 4.69) is 33.5 Å². The first-order chi connectivity index (χ1) is 12.6. The molecular formula is C19H25N5O2. The minimum Gasteiger partial charge on any atom is -0.459 e. The van der Waals surface area contributed by atoms with Crippen LogP contribution in [0.15, 0.2) is 33.7 Å². The van der Waals surface area contributed by atoms with Gasteiger partial charge < -0.3 is 9.73 Å². The van der Waals surface area contributed by atoms with Crippen molar-refractivity contribution in [3.05, 3.63) is 46.6 Å². The predicted octanol–water partition coefficient (Wildman–Crippen LogP) is 2.70. The summed E-state index contributed by atoms with van der Waals surface area (Å²) in [6, 6.07) is 4.47. The molecule has 0 spiro atoms. The summed E-state index contributed by atoms with van der Waals surface area (Å²) < 4.78 is 7.59. The van der Waals surface area contributed by atoms with Crippen LogP contribution in [0.5, 0.6) is 0 Å². The van der Waals surface area contributed by atoms with Crippen LogP contribution in [0.25, 0.3) is 11.0 Å². The summed E-state index contributed by atoms with van der Waals surface area (Å²) in [6.07, 6.45) is 9.13. The van der Waals surface area contributed by atoms with Gasteiger partial charge in [-0.3, -0.25) is 9.55 Å². The van der Waals surface area contributed by atoms with Gasteiger partial charge in [0, 0.05) is 37.3 Å². The largest absolute Gasteiger partial charge is 0.459 e. The lowest BCUT2D eigenvalue weighted by atomic mass is 9.82. The number of fused-ring (bicyclic) bond motifs is 1. The Bertz CT molecular complexity index is 908. The van der Waals surface area contributed by atoms with Crippen molar-refractivity contribution >= 4 is 11.0 Å². The number of aromatic amines is 1. The second-order valence-electron chi connectivity index (χ2n) is 7.31. The minimum atomic E-state index is -0.149. The molecule has 0 bridgehead atoms. The molecule has 3 atom stereocenters. The molecule has 3 aromatic heterocycles. The van der Waals surface area contributed by atoms with Gasteiger partial charge in [-0.2, -0.15) is 5.10 Å². The van der Waals surface area contributed by atoms with E-state index < -0.39 is 0 Å². The Balaban J connectivity index is 1.49. The average Bonchev–Trinajstić information content (AvgIpc) is 3.22. The van der Waals surface area contributed by atoms with E-state index in [0.717, 1.165) is 41.8 Å². The molecule has 0 aromatic carbocycles. The van der Waals surface area contributed by atoms with Crippen molar-refractivity contribution in [3.63, 3.8) is 0 Å². The highest BCUT2D eigenvalue weighted by molar-refractivity contribution is 5.76. The Hall–Kier alpha value is -2.41. The maximum absolute atomic E-state index is 11.6. The van der Waals surface area contributed by atoms with Crippen LogP contribution in [-0.4, -0.2) is 25.8 Å². The lowest BCUT2D eigenvalue weighted by Crippen LogP contribution is -2.41. The van der Waals surface area contributed by atoms with Crippen molar-refractivity contribution in [2.75, 3.05) is 0 Å². The summed E-state index contributed by atoms with van der Waals surface area (Å²) in [5.41, 5.74) is 0.722. The van der Waals surface area contributed by atoms with Crippen LogP contribution in [0.4, 0.5) is 0 Å². The van der Waals surface area contributed by atoms with E-state index in [-0.39, 0.29) is 11.7 Å². The van der Waals surface area contributed by atoms with Crippen molar-refractivity contribution in [1.29, 1.82) is 0 Å². The molecule has 1 fully saturated rings. The molecule has 2 N–H and O–H groups in total. The first-order valence-electron chi connectivity index (χ1n) is 9.31. The van der Waals surface area contributed by atoms with Gasteiger partial charge in [-0.1, -0.05) is 12.8 Å². The molecule has 3 heterocycles. The van der Waals surface area contributed by atoms with Gasteiger partial charge in [0.25, 0.3) is 0 Å². The molecule has 0 aliphatic heterocycles. The average molecular weight is 355 g/mol. The standard InChI is InChI=1S/C19H25N5O2/c1-12(17-9-14-11-20-8-7-16(14)26-17)21-15-6-4-3-5-13(15)10-18-22-23-19(25)24(18)2/h7-9,11-13,15,21H,3-6,10H2,1-2H3,(H,23,25)/t12?,13-,15-/m1/s1. The number of H-pyrrole nitrogens is 1. The maximum atomic E-state index is 11.6. The molecule has 1 aliphatic rings. The first-order valence-corrected chi connectivity index (χ1v) is 9.31. The zero-order valence-corrected chi connectivity index (χ0v) is 15.2. The minimum absolute atomic E-state index is 0.121. The SMILES string of the molecule is CC(N[C@@H]1CCCC[C@@H]1Cc1n[nH]c(=O)n1C)c1cc2cnccc2o1. The molecule has 1 aliphatic carbocycles. The third-order valence-electron chi connectivity index (χ3n) is 5.55. The second-order valence-corrected chi connectivity index (χ2v) is 7.31. The Labute approximate surface area is 151 Å². The number of hydrogen-bond donors (Lipinski definition) is 2. The number of aromatic nitrogens is 4. The zero-order chi connectivity index (χ0) is 18.1. The van der Waals surface area contributed by atoms with Crippen molar-refractivity contribution < 1.29 is 4.42 Å². The van der Waals surface area contributed by atoms with E-state index in [0.29, 0.717) is 12.0 Å². The Kier molecular flexibility index (Phi) is 4.63. The molecule has 0 amide bonds. The number of pyridine rings is 1. The van der Waals surface area contributed by atoms with Gasteiger partial charge in [-0.25, -0.2) is 9.89 Å². The molecular weight excluding hydrogens is 330 g/mol. The topological polar surface area (TPSA) is 88.7 Å². The smallest absolute Gasteiger partial charge is 0.343 e. The van der Waals surface area contributed by atoms with E-state index in [1.54, 1.807) is 17.8 Å². The van der Waals surface area contributed by atoms with Gasteiger partial charge in [0.1, 0.15) is 17.2 Å². The molecule has 7 heteroatoms. The highest BCUT2D eigenvalue weighted by Gasteiger charge is 2.28. The number of hydrogen-bond acceptors (Lipinski definition) is 5. The Morgan fingerprint density at radius 2 is 2.27 bits per heavy atom. The van der Waals surface area contributed by atoms with Gasteiger partial charge in [0.05, 0.1) is 6.04 Å². The van der Waals surface area contributed by atoms with E-state index >= 15 is 0 Å². The highest BCUT2D eigenvalue weighted by Crippen LogP contribution is 2.30. The predicted molar refractivity (Wildman–Crippen MR) is 98.8 cm³/mol. The maximum Gasteiger partial charge on any atom is 0.343 e. The second kappa shape index (κ2) is 7.07. The molecule has 0 radical (unpaired) electrons. The van der Waals surface area contributed by atoms with Gasteiger partial charge in [0.2, 0.25) is 0 Å². The first kappa shape index (κ1) is 17.0. The van der Waals surface area contributed by atoms with Gasteiger partial charge in [0.15, 0.2) is 0 Å². The van der Waals surface area contributed by atoms with Crippen LogP contribution in [0.2, 0.25) is 0 Å². The fraction of sp³-hybridized carbons (Fsp3) is 0.526. The number of rotatable bonds is 5. The van der Waals surface area contributed by atoms with Gasteiger partial charge >= 0.3 is 5.69 Å². The molecule has 3 aromatic rings. The van der Waals surface area contributed by atoms with E-state index in [1.807, 2.05) is 12.3 Å². The Morgan fingerprint density at radius 3 is 3.04 bits per heavy atom. The van der Waals surface area contributed by atoms with E-state index in [9.17, 15) is 4.79 Å². The molecule has 1 saturated carbocycles. The highest BCUT2D eigenvalue weighted by atomic mass is 16.3. The summed E-state index contributed by atoms with van der Waals surface area (Å²) in [5.74, 6) is 2.23. The van der Waals surface area contributed by atoms with Crippen LogP contribution in [0.3, 0.4) is 0 Å². The lowest BCUT2D eigenvalue weighted by molar-refractivity contribution is 0.234. The monoisotopic (exact) mass is 355 g/mol.